The minimum atomic E-state index is -0.104. The Morgan fingerprint density at radius 1 is 1.47 bits per heavy atom. The Bertz CT molecular complexity index is 461. The van der Waals surface area contributed by atoms with E-state index in [-0.39, 0.29) is 18.6 Å². The number of nitrogens with two attached hydrogens (primary N) is 1. The highest BCUT2D eigenvalue weighted by atomic mass is 16.5. The van der Waals surface area contributed by atoms with Crippen LogP contribution in [0.5, 0.6) is 5.75 Å². The van der Waals surface area contributed by atoms with Crippen LogP contribution < -0.4 is 20.7 Å². The third-order valence-electron chi connectivity index (χ3n) is 3.19. The topological polar surface area (TPSA) is 67.6 Å². The van der Waals surface area contributed by atoms with Crippen molar-refractivity contribution in [2.24, 2.45) is 5.73 Å². The molecule has 0 bridgehead atoms. The molecule has 1 fully saturated rings. The van der Waals surface area contributed by atoms with Crippen molar-refractivity contribution in [1.29, 1.82) is 0 Å². The third kappa shape index (κ3) is 1.93. The van der Waals surface area contributed by atoms with Crippen molar-refractivity contribution in [2.75, 3.05) is 29.9 Å². The van der Waals surface area contributed by atoms with Gasteiger partial charge in [0.25, 0.3) is 5.91 Å². The third-order valence-corrected chi connectivity index (χ3v) is 3.19. The maximum Gasteiger partial charge on any atom is 0.262 e. The highest BCUT2D eigenvalue weighted by molar-refractivity contribution is 5.96. The molecule has 17 heavy (non-hydrogen) atoms. The number of carbonyl (C=O) groups excluding carboxylic acids is 1. The van der Waals surface area contributed by atoms with Gasteiger partial charge in [-0.15, -0.1) is 0 Å². The molecule has 1 atom stereocenters. The largest absolute Gasteiger partial charge is 0.482 e. The molecule has 0 spiro atoms. The van der Waals surface area contributed by atoms with E-state index in [1.165, 1.54) is 0 Å². The Hall–Kier alpha value is -1.75. The number of anilines is 2. The standard InChI is InChI=1S/C12H15N3O2/c13-8-3-4-15(6-8)9-1-2-11-10(5-9)14-12(16)7-17-11/h1-2,5,8H,3-4,6-7,13H2,(H,14,16). The highest BCUT2D eigenvalue weighted by Gasteiger charge is 2.22. The van der Waals surface area contributed by atoms with E-state index in [4.69, 9.17) is 10.5 Å². The molecular formula is C12H15N3O2. The van der Waals surface area contributed by atoms with Gasteiger partial charge < -0.3 is 20.7 Å². The first-order valence-corrected chi connectivity index (χ1v) is 5.79. The number of fused-ring (bicyclic) bond motifs is 1. The van der Waals surface area contributed by atoms with Crippen LogP contribution in [0.25, 0.3) is 0 Å². The zero-order chi connectivity index (χ0) is 11.8. The Labute approximate surface area is 99.5 Å². The van der Waals surface area contributed by atoms with Gasteiger partial charge in [-0.05, 0) is 24.6 Å². The van der Waals surface area contributed by atoms with E-state index in [0.29, 0.717) is 0 Å². The van der Waals surface area contributed by atoms with E-state index in [1.807, 2.05) is 18.2 Å². The molecule has 90 valence electrons. The van der Waals surface area contributed by atoms with Crippen molar-refractivity contribution in [2.45, 2.75) is 12.5 Å². The van der Waals surface area contributed by atoms with Gasteiger partial charge in [-0.25, -0.2) is 0 Å². The van der Waals surface area contributed by atoms with Gasteiger partial charge in [0.15, 0.2) is 6.61 Å². The maximum atomic E-state index is 11.2. The van der Waals surface area contributed by atoms with Crippen LogP contribution in [0.3, 0.4) is 0 Å². The van der Waals surface area contributed by atoms with Crippen molar-refractivity contribution in [1.82, 2.24) is 0 Å². The molecular weight excluding hydrogens is 218 g/mol. The Balaban J connectivity index is 1.87. The Morgan fingerprint density at radius 3 is 3.12 bits per heavy atom. The van der Waals surface area contributed by atoms with E-state index >= 15 is 0 Å². The van der Waals surface area contributed by atoms with Crippen molar-refractivity contribution in [3.05, 3.63) is 18.2 Å². The molecule has 1 aromatic rings. The Kier molecular flexibility index (Phi) is 2.40. The first-order valence-electron chi connectivity index (χ1n) is 5.79. The van der Waals surface area contributed by atoms with Crippen molar-refractivity contribution in [3.8, 4) is 5.75 Å². The molecule has 0 radical (unpaired) electrons. The normalized spacial score (nSPS) is 23.0. The van der Waals surface area contributed by atoms with Crippen LogP contribution in [0.2, 0.25) is 0 Å². The molecule has 1 amide bonds. The number of rotatable bonds is 1. The van der Waals surface area contributed by atoms with Gasteiger partial charge in [-0.1, -0.05) is 0 Å². The summed E-state index contributed by atoms with van der Waals surface area (Å²) in [6.45, 7) is 1.93. The number of nitrogens with one attached hydrogen (secondary N) is 1. The first-order chi connectivity index (χ1) is 8.22. The van der Waals surface area contributed by atoms with Crippen LogP contribution in [0.4, 0.5) is 11.4 Å². The van der Waals surface area contributed by atoms with Crippen LogP contribution in [-0.4, -0.2) is 31.6 Å². The number of hydrogen-bond donors (Lipinski definition) is 2. The summed E-state index contributed by atoms with van der Waals surface area (Å²) in [5.74, 6) is 0.629. The fourth-order valence-corrected chi connectivity index (χ4v) is 2.29. The molecule has 0 aromatic heterocycles. The molecule has 5 nitrogen and oxygen atoms in total. The number of hydrogen-bond acceptors (Lipinski definition) is 4. The van der Waals surface area contributed by atoms with E-state index in [2.05, 4.69) is 10.2 Å². The molecule has 0 aliphatic carbocycles. The van der Waals surface area contributed by atoms with Gasteiger partial charge in [-0.3, -0.25) is 4.79 Å². The SMILES string of the molecule is NC1CCN(c2ccc3c(c2)NC(=O)CO3)C1. The number of carbonyl (C=O) groups is 1. The molecule has 0 saturated carbocycles. The lowest BCUT2D eigenvalue weighted by Gasteiger charge is -2.22. The van der Waals surface area contributed by atoms with Gasteiger partial charge in [0.05, 0.1) is 5.69 Å². The summed E-state index contributed by atoms with van der Waals surface area (Å²) in [6.07, 6.45) is 1.01. The fraction of sp³-hybridized carbons (Fsp3) is 0.417. The molecule has 2 aliphatic heterocycles. The van der Waals surface area contributed by atoms with E-state index < -0.39 is 0 Å². The monoisotopic (exact) mass is 233 g/mol. The molecule has 3 N–H and O–H groups in total. The minimum absolute atomic E-state index is 0.0981. The minimum Gasteiger partial charge on any atom is -0.482 e. The molecule has 1 aromatic carbocycles. The van der Waals surface area contributed by atoms with Crippen molar-refractivity contribution in [3.63, 3.8) is 0 Å². The van der Waals surface area contributed by atoms with Crippen LogP contribution >= 0.6 is 0 Å². The average molecular weight is 233 g/mol. The van der Waals surface area contributed by atoms with Crippen molar-refractivity contribution >= 4 is 17.3 Å². The van der Waals surface area contributed by atoms with Crippen LogP contribution in [0.1, 0.15) is 6.42 Å². The van der Waals surface area contributed by atoms with E-state index in [9.17, 15) is 4.79 Å². The summed E-state index contributed by atoms with van der Waals surface area (Å²) in [6, 6.07) is 6.10. The fourth-order valence-electron chi connectivity index (χ4n) is 2.29. The molecule has 3 rings (SSSR count). The lowest BCUT2D eigenvalue weighted by molar-refractivity contribution is -0.118. The summed E-state index contributed by atoms with van der Waals surface area (Å²) >= 11 is 0. The molecule has 1 unspecified atom stereocenters. The predicted molar refractivity (Wildman–Crippen MR) is 65.4 cm³/mol. The van der Waals surface area contributed by atoms with E-state index in [1.54, 1.807) is 0 Å². The highest BCUT2D eigenvalue weighted by Crippen LogP contribution is 2.32. The zero-order valence-corrected chi connectivity index (χ0v) is 9.48. The zero-order valence-electron chi connectivity index (χ0n) is 9.48. The van der Waals surface area contributed by atoms with Crippen LogP contribution in [-0.2, 0) is 4.79 Å². The van der Waals surface area contributed by atoms with Gasteiger partial charge in [0, 0.05) is 24.8 Å². The summed E-state index contributed by atoms with van der Waals surface area (Å²) in [5, 5.41) is 2.81. The summed E-state index contributed by atoms with van der Waals surface area (Å²) in [4.78, 5) is 13.5. The van der Waals surface area contributed by atoms with Gasteiger partial charge in [0.1, 0.15) is 5.75 Å². The quantitative estimate of drug-likeness (QED) is 0.743. The number of ether oxygens (including phenoxy) is 1. The molecule has 2 heterocycles. The second kappa shape index (κ2) is 3.92. The van der Waals surface area contributed by atoms with Gasteiger partial charge >= 0.3 is 0 Å². The summed E-state index contributed by atoms with van der Waals surface area (Å²) < 4.78 is 5.32. The molecule has 2 aliphatic rings. The second-order valence-electron chi connectivity index (χ2n) is 4.51. The maximum absolute atomic E-state index is 11.2. The predicted octanol–water partition coefficient (Wildman–Crippen LogP) is 0.555. The van der Waals surface area contributed by atoms with Gasteiger partial charge in [-0.2, -0.15) is 0 Å². The van der Waals surface area contributed by atoms with Crippen molar-refractivity contribution < 1.29 is 9.53 Å². The van der Waals surface area contributed by atoms with Crippen LogP contribution in [0.15, 0.2) is 18.2 Å². The molecule has 1 saturated heterocycles. The number of amides is 1. The lowest BCUT2D eigenvalue weighted by atomic mass is 10.2. The number of nitrogens with zero attached hydrogens (tertiary/aromatic N) is 1. The first kappa shape index (κ1) is 10.4. The summed E-state index contributed by atoms with van der Waals surface area (Å²) in [7, 11) is 0. The van der Waals surface area contributed by atoms with Gasteiger partial charge in [0.2, 0.25) is 0 Å². The smallest absolute Gasteiger partial charge is 0.262 e. The van der Waals surface area contributed by atoms with E-state index in [0.717, 1.165) is 36.6 Å². The summed E-state index contributed by atoms with van der Waals surface area (Å²) in [5.41, 5.74) is 7.72. The molecule has 5 heteroatoms. The lowest BCUT2D eigenvalue weighted by Crippen LogP contribution is -2.27. The number of benzene rings is 1. The van der Waals surface area contributed by atoms with Crippen LogP contribution in [0, 0.1) is 0 Å². The average Bonchev–Trinajstić information content (AvgIpc) is 2.75. The Morgan fingerprint density at radius 2 is 2.35 bits per heavy atom. The second-order valence-corrected chi connectivity index (χ2v) is 4.51.